The first kappa shape index (κ1) is 31.4. The normalized spacial score (nSPS) is 36.3. The summed E-state index contributed by atoms with van der Waals surface area (Å²) in [7, 11) is 0. The zero-order valence-corrected chi connectivity index (χ0v) is 24.7. The molecule has 0 heterocycles. The lowest BCUT2D eigenvalue weighted by molar-refractivity contribution is -0.181. The van der Waals surface area contributed by atoms with Crippen LogP contribution >= 0.6 is 11.8 Å². The van der Waals surface area contributed by atoms with Crippen molar-refractivity contribution in [3.8, 4) is 0 Å². The fourth-order valence-corrected chi connectivity index (χ4v) is 8.57. The molecule has 226 valence electrons. The number of esters is 1. The number of rotatable bonds is 11. The molecule has 41 heavy (non-hydrogen) atoms. The van der Waals surface area contributed by atoms with E-state index in [1.54, 1.807) is 12.2 Å². The van der Waals surface area contributed by atoms with Gasteiger partial charge in [-0.05, 0) is 74.5 Å². The van der Waals surface area contributed by atoms with Crippen LogP contribution in [0.15, 0.2) is 23.8 Å². The number of carbonyl (C=O) groups is 5. The quantitative estimate of drug-likeness (QED) is 0.262. The lowest BCUT2D eigenvalue weighted by Crippen LogP contribution is -2.61. The monoisotopic (exact) mass is 591 g/mol. The van der Waals surface area contributed by atoms with E-state index in [9.17, 15) is 39.3 Å². The molecular weight excluding hydrogens is 550 g/mol. The van der Waals surface area contributed by atoms with Crippen LogP contribution in [-0.2, 0) is 28.7 Å². The van der Waals surface area contributed by atoms with E-state index in [1.807, 2.05) is 19.3 Å². The molecule has 0 radical (unpaired) electrons. The molecule has 4 N–H and O–H groups in total. The Kier molecular flexibility index (Phi) is 9.21. The standard InChI is InChI=1S/C30H41NO9S/c1-28-11-8-18(32)14-17(28)4-5-19-20-9-12-30(39,29(20,2)15-22(33)26(19)28)23(34)16-40-25(36)7-6-24(35)31-21(27(37)38)10-13-41-3/h8,11,14,19-22,26,33,39H,4-7,9-10,12-13,15-16H2,1-3H3,(H,31,35)(H,37,38)/t19-,20+,21-,22-,26+,28-,29-,30-/m0/s1. The zero-order chi connectivity index (χ0) is 30.2. The largest absolute Gasteiger partial charge is 0.480 e. The number of amides is 1. The third kappa shape index (κ3) is 5.77. The number of thioether (sulfide) groups is 1. The average molecular weight is 592 g/mol. The van der Waals surface area contributed by atoms with Crippen molar-refractivity contribution >= 4 is 41.2 Å². The molecule has 0 aromatic heterocycles. The highest BCUT2D eigenvalue weighted by molar-refractivity contribution is 7.98. The van der Waals surface area contributed by atoms with Gasteiger partial charge >= 0.3 is 11.9 Å². The van der Waals surface area contributed by atoms with E-state index in [1.165, 1.54) is 11.8 Å². The first-order valence-corrected chi connectivity index (χ1v) is 15.7. The minimum Gasteiger partial charge on any atom is -0.480 e. The second-order valence-electron chi connectivity index (χ2n) is 12.4. The first-order valence-electron chi connectivity index (χ1n) is 14.3. The van der Waals surface area contributed by atoms with E-state index in [0.29, 0.717) is 12.2 Å². The van der Waals surface area contributed by atoms with Gasteiger partial charge in [-0.25, -0.2) is 4.79 Å². The van der Waals surface area contributed by atoms with E-state index < -0.39 is 58.8 Å². The Labute approximate surface area is 244 Å². The lowest BCUT2D eigenvalue weighted by atomic mass is 9.46. The number of carboxylic acids is 1. The van der Waals surface area contributed by atoms with Crippen molar-refractivity contribution in [3.63, 3.8) is 0 Å². The summed E-state index contributed by atoms with van der Waals surface area (Å²) in [5.74, 6) is -2.77. The molecule has 0 unspecified atom stereocenters. The number of aliphatic hydroxyl groups is 2. The molecule has 0 bridgehead atoms. The van der Waals surface area contributed by atoms with Gasteiger partial charge in [-0.1, -0.05) is 25.5 Å². The molecule has 4 aliphatic rings. The molecule has 0 aliphatic heterocycles. The van der Waals surface area contributed by atoms with Gasteiger partial charge in [0.15, 0.2) is 12.4 Å². The van der Waals surface area contributed by atoms with Crippen LogP contribution in [0.1, 0.15) is 65.2 Å². The van der Waals surface area contributed by atoms with Crippen LogP contribution in [-0.4, -0.2) is 81.1 Å². The predicted octanol–water partition coefficient (Wildman–Crippen LogP) is 2.21. The first-order chi connectivity index (χ1) is 19.3. The molecule has 10 nitrogen and oxygen atoms in total. The smallest absolute Gasteiger partial charge is 0.326 e. The number of nitrogens with one attached hydrogen (secondary N) is 1. The highest BCUT2D eigenvalue weighted by Crippen LogP contribution is 2.67. The number of carbonyl (C=O) groups excluding carboxylic acids is 4. The number of allylic oxidation sites excluding steroid dienone is 4. The summed E-state index contributed by atoms with van der Waals surface area (Å²) < 4.78 is 5.14. The second kappa shape index (κ2) is 12.0. The maximum atomic E-state index is 13.4. The summed E-state index contributed by atoms with van der Waals surface area (Å²) in [4.78, 5) is 61.2. The summed E-state index contributed by atoms with van der Waals surface area (Å²) in [6.07, 6.45) is 8.30. The number of fused-ring (bicyclic) bond motifs is 5. The van der Waals surface area contributed by atoms with Crippen LogP contribution in [0.5, 0.6) is 0 Å². The molecule has 3 saturated carbocycles. The van der Waals surface area contributed by atoms with Gasteiger partial charge in [0.25, 0.3) is 0 Å². The number of carboxylic acid groups (broad SMARTS) is 1. The lowest BCUT2D eigenvalue weighted by Gasteiger charge is -2.59. The highest BCUT2D eigenvalue weighted by atomic mass is 32.2. The van der Waals surface area contributed by atoms with Crippen LogP contribution in [0.3, 0.4) is 0 Å². The van der Waals surface area contributed by atoms with Gasteiger partial charge in [-0.2, -0.15) is 11.8 Å². The van der Waals surface area contributed by atoms with Crippen LogP contribution in [0.4, 0.5) is 0 Å². The van der Waals surface area contributed by atoms with Gasteiger partial charge in [0, 0.05) is 23.2 Å². The predicted molar refractivity (Wildman–Crippen MR) is 151 cm³/mol. The van der Waals surface area contributed by atoms with E-state index >= 15 is 0 Å². The molecule has 0 aromatic rings. The van der Waals surface area contributed by atoms with Gasteiger partial charge < -0.3 is 25.4 Å². The number of aliphatic carboxylic acids is 1. The summed E-state index contributed by atoms with van der Waals surface area (Å²) in [5.41, 5.74) is -2.12. The molecule has 3 fully saturated rings. The van der Waals surface area contributed by atoms with Crippen LogP contribution < -0.4 is 5.32 Å². The molecule has 0 saturated heterocycles. The number of hydrogen-bond acceptors (Lipinski definition) is 9. The third-order valence-electron chi connectivity index (χ3n) is 10.3. The molecule has 8 atom stereocenters. The molecule has 0 spiro atoms. The number of Topliss-reactive ketones (excluding diaryl/α,β-unsaturated/α-hetero) is 1. The summed E-state index contributed by atoms with van der Waals surface area (Å²) in [6.45, 7) is 3.25. The van der Waals surface area contributed by atoms with Gasteiger partial charge in [-0.3, -0.25) is 19.2 Å². The van der Waals surface area contributed by atoms with Crippen molar-refractivity contribution in [1.29, 1.82) is 0 Å². The topological polar surface area (TPSA) is 167 Å². The highest BCUT2D eigenvalue weighted by Gasteiger charge is 2.68. The molecule has 4 aliphatic carbocycles. The Hall–Kier alpha value is -2.50. The second-order valence-corrected chi connectivity index (χ2v) is 13.4. The van der Waals surface area contributed by atoms with E-state index in [2.05, 4.69) is 12.2 Å². The third-order valence-corrected chi connectivity index (χ3v) is 10.9. The number of ether oxygens (including phenoxy) is 1. The Morgan fingerprint density at radius 2 is 1.93 bits per heavy atom. The fraction of sp³-hybridized carbons (Fsp3) is 0.700. The zero-order valence-electron chi connectivity index (χ0n) is 23.9. The summed E-state index contributed by atoms with van der Waals surface area (Å²) >= 11 is 1.46. The number of ketones is 2. The molecule has 4 rings (SSSR count). The Morgan fingerprint density at radius 3 is 2.61 bits per heavy atom. The van der Waals surface area contributed by atoms with Crippen molar-refractivity contribution in [2.24, 2.45) is 28.6 Å². The fourth-order valence-electron chi connectivity index (χ4n) is 8.10. The Morgan fingerprint density at radius 1 is 1.20 bits per heavy atom. The van der Waals surface area contributed by atoms with Gasteiger partial charge in [0.2, 0.25) is 11.7 Å². The van der Waals surface area contributed by atoms with E-state index in [-0.39, 0.29) is 55.6 Å². The van der Waals surface area contributed by atoms with Crippen molar-refractivity contribution < 1.29 is 44.0 Å². The van der Waals surface area contributed by atoms with Gasteiger partial charge in [-0.15, -0.1) is 0 Å². The van der Waals surface area contributed by atoms with Crippen molar-refractivity contribution in [2.75, 3.05) is 18.6 Å². The van der Waals surface area contributed by atoms with E-state index in [0.717, 1.165) is 18.4 Å². The number of hydrogen-bond donors (Lipinski definition) is 4. The molecule has 1 amide bonds. The van der Waals surface area contributed by atoms with Gasteiger partial charge in [0.1, 0.15) is 11.6 Å². The van der Waals surface area contributed by atoms with Crippen molar-refractivity contribution in [1.82, 2.24) is 5.32 Å². The van der Waals surface area contributed by atoms with Crippen molar-refractivity contribution in [3.05, 3.63) is 23.8 Å². The Bertz CT molecular complexity index is 1170. The molecule has 0 aromatic carbocycles. The minimum absolute atomic E-state index is 0.0260. The van der Waals surface area contributed by atoms with E-state index in [4.69, 9.17) is 4.74 Å². The molecular formula is C30H41NO9S. The summed E-state index contributed by atoms with van der Waals surface area (Å²) in [5, 5.41) is 34.9. The van der Waals surface area contributed by atoms with Crippen LogP contribution in [0.2, 0.25) is 0 Å². The SMILES string of the molecule is CSCC[C@H](NC(=O)CCC(=O)OCC(=O)[C@@]1(O)CC[C@@H]2[C@@H]3CCC4=CC(=O)C=C[C@]4(C)[C@H]3[C@@H](O)C[C@@]21C)C(=O)O. The summed E-state index contributed by atoms with van der Waals surface area (Å²) in [6, 6.07) is -1.05. The molecule has 11 heteroatoms. The van der Waals surface area contributed by atoms with Gasteiger partial charge in [0.05, 0.1) is 12.5 Å². The van der Waals surface area contributed by atoms with Crippen molar-refractivity contribution in [2.45, 2.75) is 83.0 Å². The average Bonchev–Trinajstić information content (AvgIpc) is 3.19. The van der Waals surface area contributed by atoms with Crippen LogP contribution in [0, 0.1) is 28.6 Å². The Balaban J connectivity index is 1.36. The minimum atomic E-state index is -1.78. The maximum Gasteiger partial charge on any atom is 0.326 e. The van der Waals surface area contributed by atoms with Crippen LogP contribution in [0.25, 0.3) is 0 Å². The maximum absolute atomic E-state index is 13.4. The number of aliphatic hydroxyl groups excluding tert-OH is 1.